The highest BCUT2D eigenvalue weighted by molar-refractivity contribution is 14.1. The van der Waals surface area contributed by atoms with Crippen molar-refractivity contribution in [2.24, 2.45) is 5.10 Å². The van der Waals surface area contributed by atoms with E-state index >= 15 is 0 Å². The minimum absolute atomic E-state index is 0.0571. The van der Waals surface area contributed by atoms with Crippen molar-refractivity contribution in [3.8, 4) is 5.69 Å². The molecule has 3 aromatic carbocycles. The molecule has 182 valence electrons. The van der Waals surface area contributed by atoms with Gasteiger partial charge in [0.1, 0.15) is 0 Å². The lowest BCUT2D eigenvalue weighted by Gasteiger charge is -2.18. The van der Waals surface area contributed by atoms with Crippen molar-refractivity contribution in [3.05, 3.63) is 123 Å². The van der Waals surface area contributed by atoms with E-state index in [-0.39, 0.29) is 18.2 Å². The number of aromatic nitrogens is 1. The predicted molar refractivity (Wildman–Crippen MR) is 151 cm³/mol. The maximum atomic E-state index is 12.8. The Labute approximate surface area is 224 Å². The first-order valence-electron chi connectivity index (χ1n) is 11.6. The van der Waals surface area contributed by atoms with Crippen molar-refractivity contribution in [1.82, 2.24) is 15.3 Å². The maximum Gasteiger partial charge on any atom is 0.251 e. The molecule has 1 atom stereocenters. The summed E-state index contributed by atoms with van der Waals surface area (Å²) >= 11 is 2.29. The van der Waals surface area contributed by atoms with Crippen LogP contribution in [0.1, 0.15) is 45.3 Å². The summed E-state index contributed by atoms with van der Waals surface area (Å²) in [6.45, 7) is 4.07. The third-order valence-electron chi connectivity index (χ3n) is 5.88. The van der Waals surface area contributed by atoms with Gasteiger partial charge in [0.05, 0.1) is 18.7 Å². The van der Waals surface area contributed by atoms with E-state index in [1.54, 1.807) is 18.3 Å². The standard InChI is InChI=1S/C29H27IN4O2/c1-20-17-24(21(2)34(20)26-15-13-25(30)14-16-26)19-31-33-28(35)18-27(22-9-5-3-6-10-22)32-29(36)23-11-7-4-8-12-23/h3-17,19,27H,18H2,1-2H3,(H,32,36)(H,33,35)/b31-19-/t27-/m0/s1. The molecule has 1 heterocycles. The van der Waals surface area contributed by atoms with Crippen LogP contribution in [0.2, 0.25) is 0 Å². The Morgan fingerprint density at radius 2 is 1.58 bits per heavy atom. The van der Waals surface area contributed by atoms with Crippen LogP contribution in [-0.4, -0.2) is 22.6 Å². The van der Waals surface area contributed by atoms with Crippen molar-refractivity contribution in [2.75, 3.05) is 0 Å². The zero-order chi connectivity index (χ0) is 25.5. The molecule has 36 heavy (non-hydrogen) atoms. The van der Waals surface area contributed by atoms with Crippen molar-refractivity contribution in [2.45, 2.75) is 26.3 Å². The van der Waals surface area contributed by atoms with E-state index in [0.717, 1.165) is 28.2 Å². The number of rotatable bonds is 8. The first kappa shape index (κ1) is 25.4. The second kappa shape index (κ2) is 11.8. The molecular formula is C29H27IN4O2. The fraction of sp³-hybridized carbons (Fsp3) is 0.138. The van der Waals surface area contributed by atoms with E-state index in [0.29, 0.717) is 5.56 Å². The SMILES string of the molecule is Cc1cc(/C=N\NC(=O)C[C@H](NC(=O)c2ccccc2)c2ccccc2)c(C)n1-c1ccc(I)cc1. The van der Waals surface area contributed by atoms with Gasteiger partial charge >= 0.3 is 0 Å². The summed E-state index contributed by atoms with van der Waals surface area (Å²) in [5.74, 6) is -0.524. The number of nitrogens with zero attached hydrogens (tertiary/aromatic N) is 2. The molecule has 0 saturated heterocycles. The zero-order valence-electron chi connectivity index (χ0n) is 20.1. The minimum atomic E-state index is -0.486. The summed E-state index contributed by atoms with van der Waals surface area (Å²) < 4.78 is 3.33. The molecule has 0 aliphatic rings. The van der Waals surface area contributed by atoms with E-state index in [4.69, 9.17) is 0 Å². The average Bonchev–Trinajstić information content (AvgIpc) is 3.17. The van der Waals surface area contributed by atoms with Crippen LogP contribution >= 0.6 is 22.6 Å². The number of nitrogens with one attached hydrogen (secondary N) is 2. The predicted octanol–water partition coefficient (Wildman–Crippen LogP) is 5.71. The Kier molecular flexibility index (Phi) is 8.32. The fourth-order valence-electron chi connectivity index (χ4n) is 4.08. The number of benzene rings is 3. The summed E-state index contributed by atoms with van der Waals surface area (Å²) in [5, 5.41) is 7.17. The van der Waals surface area contributed by atoms with Gasteiger partial charge in [-0.3, -0.25) is 9.59 Å². The number of hydrogen-bond acceptors (Lipinski definition) is 3. The van der Waals surface area contributed by atoms with Gasteiger partial charge < -0.3 is 9.88 Å². The van der Waals surface area contributed by atoms with E-state index in [1.807, 2.05) is 68.4 Å². The molecule has 7 heteroatoms. The molecule has 2 amide bonds. The Bertz CT molecular complexity index is 1360. The van der Waals surface area contributed by atoms with E-state index in [2.05, 4.69) is 67.3 Å². The van der Waals surface area contributed by atoms with E-state index in [1.165, 1.54) is 3.57 Å². The third kappa shape index (κ3) is 6.28. The van der Waals surface area contributed by atoms with Crippen LogP contribution in [0, 0.1) is 17.4 Å². The van der Waals surface area contributed by atoms with Crippen molar-refractivity contribution in [3.63, 3.8) is 0 Å². The number of amides is 2. The van der Waals surface area contributed by atoms with Crippen LogP contribution in [0.5, 0.6) is 0 Å². The van der Waals surface area contributed by atoms with E-state index < -0.39 is 6.04 Å². The molecule has 0 fully saturated rings. The number of carbonyl (C=O) groups is 2. The maximum absolute atomic E-state index is 12.8. The lowest BCUT2D eigenvalue weighted by molar-refractivity contribution is -0.121. The molecule has 4 aromatic rings. The van der Waals surface area contributed by atoms with Crippen molar-refractivity contribution in [1.29, 1.82) is 0 Å². The highest BCUT2D eigenvalue weighted by Crippen LogP contribution is 2.21. The van der Waals surface area contributed by atoms with E-state index in [9.17, 15) is 9.59 Å². The molecule has 6 nitrogen and oxygen atoms in total. The first-order valence-corrected chi connectivity index (χ1v) is 12.7. The smallest absolute Gasteiger partial charge is 0.251 e. The minimum Gasteiger partial charge on any atom is -0.345 e. The van der Waals surface area contributed by atoms with Crippen LogP contribution in [0.3, 0.4) is 0 Å². The lowest BCUT2D eigenvalue weighted by Crippen LogP contribution is -2.32. The van der Waals surface area contributed by atoms with Crippen LogP contribution in [0.4, 0.5) is 0 Å². The highest BCUT2D eigenvalue weighted by atomic mass is 127. The van der Waals surface area contributed by atoms with Gasteiger partial charge in [-0.25, -0.2) is 5.43 Å². The van der Waals surface area contributed by atoms with Gasteiger partial charge in [-0.05, 0) is 84.5 Å². The molecule has 0 aliphatic carbocycles. The number of carbonyl (C=O) groups excluding carboxylic acids is 2. The molecule has 4 rings (SSSR count). The Balaban J connectivity index is 1.44. The van der Waals surface area contributed by atoms with Gasteiger partial charge in [-0.1, -0.05) is 48.5 Å². The Hall–Kier alpha value is -3.72. The van der Waals surface area contributed by atoms with Crippen LogP contribution in [0.15, 0.2) is 96.1 Å². The molecule has 0 radical (unpaired) electrons. The second-order valence-corrected chi connectivity index (χ2v) is 9.68. The van der Waals surface area contributed by atoms with Crippen LogP contribution < -0.4 is 10.7 Å². The topological polar surface area (TPSA) is 75.5 Å². The van der Waals surface area contributed by atoms with Gasteiger partial charge in [0.25, 0.3) is 5.91 Å². The van der Waals surface area contributed by atoms with Crippen molar-refractivity contribution >= 4 is 40.6 Å². The summed E-state index contributed by atoms with van der Waals surface area (Å²) in [4.78, 5) is 25.5. The third-order valence-corrected chi connectivity index (χ3v) is 6.60. The molecule has 0 bridgehead atoms. The number of hydrazone groups is 1. The monoisotopic (exact) mass is 590 g/mol. The molecule has 1 aromatic heterocycles. The van der Waals surface area contributed by atoms with Gasteiger partial charge in [0.2, 0.25) is 5.91 Å². The summed E-state index contributed by atoms with van der Waals surface area (Å²) in [5.41, 5.74) is 8.11. The van der Waals surface area contributed by atoms with Crippen LogP contribution in [-0.2, 0) is 4.79 Å². The van der Waals surface area contributed by atoms with Gasteiger partial charge in [-0.2, -0.15) is 5.10 Å². The summed E-state index contributed by atoms with van der Waals surface area (Å²) in [6.07, 6.45) is 1.71. The Morgan fingerprint density at radius 3 is 2.25 bits per heavy atom. The largest absolute Gasteiger partial charge is 0.345 e. The van der Waals surface area contributed by atoms with Crippen LogP contribution in [0.25, 0.3) is 5.69 Å². The van der Waals surface area contributed by atoms with Gasteiger partial charge in [0, 0.05) is 31.8 Å². The summed E-state index contributed by atoms with van der Waals surface area (Å²) in [7, 11) is 0. The normalized spacial score (nSPS) is 11.9. The van der Waals surface area contributed by atoms with Gasteiger partial charge in [0.15, 0.2) is 0 Å². The second-order valence-electron chi connectivity index (χ2n) is 8.44. The molecule has 0 unspecified atom stereocenters. The molecule has 0 aliphatic heterocycles. The summed E-state index contributed by atoms with van der Waals surface area (Å²) in [6, 6.07) is 28.3. The number of halogens is 1. The highest BCUT2D eigenvalue weighted by Gasteiger charge is 2.19. The fourth-order valence-corrected chi connectivity index (χ4v) is 4.44. The number of aryl methyl sites for hydroxylation is 1. The van der Waals surface area contributed by atoms with Gasteiger partial charge in [-0.15, -0.1) is 0 Å². The molecule has 2 N–H and O–H groups in total. The first-order chi connectivity index (χ1) is 17.4. The molecule has 0 saturated carbocycles. The molecule has 0 spiro atoms. The van der Waals surface area contributed by atoms with Crippen molar-refractivity contribution < 1.29 is 9.59 Å². The lowest BCUT2D eigenvalue weighted by atomic mass is 10.0. The molecular weight excluding hydrogens is 563 g/mol. The quantitative estimate of drug-likeness (QED) is 0.157. The zero-order valence-corrected chi connectivity index (χ0v) is 22.3. The average molecular weight is 590 g/mol. The number of hydrogen-bond donors (Lipinski definition) is 2. The Morgan fingerprint density at radius 1 is 0.944 bits per heavy atom.